The van der Waals surface area contributed by atoms with E-state index < -0.39 is 0 Å². The van der Waals surface area contributed by atoms with Gasteiger partial charge in [-0.25, -0.2) is 4.98 Å². The van der Waals surface area contributed by atoms with Crippen molar-refractivity contribution in [2.75, 3.05) is 11.9 Å². The van der Waals surface area contributed by atoms with Crippen molar-refractivity contribution in [1.29, 1.82) is 0 Å². The van der Waals surface area contributed by atoms with Crippen molar-refractivity contribution < 1.29 is 4.79 Å². The molecule has 2 rings (SSSR count). The quantitative estimate of drug-likeness (QED) is 0.870. The predicted octanol–water partition coefficient (Wildman–Crippen LogP) is 3.60. The number of nitrogens with zero attached hydrogens (tertiary/aromatic N) is 1. The van der Waals surface area contributed by atoms with Gasteiger partial charge in [0.05, 0.1) is 11.9 Å². The van der Waals surface area contributed by atoms with Crippen LogP contribution in [0.4, 0.5) is 5.69 Å². The summed E-state index contributed by atoms with van der Waals surface area (Å²) in [7, 11) is 0. The van der Waals surface area contributed by atoms with Gasteiger partial charge in [-0.3, -0.25) is 4.79 Å². The van der Waals surface area contributed by atoms with Crippen LogP contribution >= 0.6 is 0 Å². The second-order valence-corrected chi connectivity index (χ2v) is 6.62. The summed E-state index contributed by atoms with van der Waals surface area (Å²) in [5.74, 6) is -0.0583. The molecule has 0 radical (unpaired) electrons. The van der Waals surface area contributed by atoms with Gasteiger partial charge in [-0.1, -0.05) is 33.6 Å². The van der Waals surface area contributed by atoms with Crippen LogP contribution in [0, 0.1) is 5.41 Å². The van der Waals surface area contributed by atoms with Gasteiger partial charge in [0.25, 0.3) is 5.91 Å². The average molecular weight is 289 g/mol. The van der Waals surface area contributed by atoms with Crippen molar-refractivity contribution in [3.8, 4) is 0 Å². The smallest absolute Gasteiger partial charge is 0.270 e. The fourth-order valence-corrected chi connectivity index (χ4v) is 2.90. The minimum Gasteiger partial charge on any atom is -0.384 e. The van der Waals surface area contributed by atoms with E-state index in [2.05, 4.69) is 36.4 Å². The Morgan fingerprint density at radius 2 is 2.19 bits per heavy atom. The van der Waals surface area contributed by atoms with E-state index in [1.165, 1.54) is 19.3 Å². The Hall–Kier alpha value is -1.58. The Morgan fingerprint density at radius 3 is 2.81 bits per heavy atom. The summed E-state index contributed by atoms with van der Waals surface area (Å²) < 4.78 is 0. The summed E-state index contributed by atoms with van der Waals surface area (Å²) in [5.41, 5.74) is 1.64. The Balaban J connectivity index is 1.96. The van der Waals surface area contributed by atoms with Crippen LogP contribution in [0.25, 0.3) is 0 Å². The van der Waals surface area contributed by atoms with Crippen LogP contribution in [0.2, 0.25) is 0 Å². The first kappa shape index (κ1) is 15.8. The lowest BCUT2D eigenvalue weighted by atomic mass is 9.73. The summed E-state index contributed by atoms with van der Waals surface area (Å²) in [4.78, 5) is 16.6. The molecule has 1 aromatic rings. The van der Waals surface area contributed by atoms with E-state index in [0.717, 1.165) is 25.1 Å². The zero-order valence-electron chi connectivity index (χ0n) is 13.4. The van der Waals surface area contributed by atoms with E-state index in [4.69, 9.17) is 0 Å². The summed E-state index contributed by atoms with van der Waals surface area (Å²) >= 11 is 0. The van der Waals surface area contributed by atoms with Crippen molar-refractivity contribution >= 4 is 11.6 Å². The normalized spacial score (nSPS) is 20.8. The molecule has 0 aliphatic heterocycles. The first-order chi connectivity index (χ1) is 10.0. The van der Waals surface area contributed by atoms with Crippen LogP contribution in [-0.4, -0.2) is 23.5 Å². The molecule has 0 aromatic carbocycles. The Morgan fingerprint density at radius 1 is 1.38 bits per heavy atom. The fraction of sp³-hybridized carbons (Fsp3) is 0.647. The molecule has 1 aromatic heterocycles. The molecule has 1 saturated carbocycles. The van der Waals surface area contributed by atoms with Crippen molar-refractivity contribution in [3.05, 3.63) is 24.0 Å². The lowest BCUT2D eigenvalue weighted by Gasteiger charge is -2.38. The minimum atomic E-state index is -0.0583. The molecule has 4 heteroatoms. The van der Waals surface area contributed by atoms with Gasteiger partial charge in [-0.05, 0) is 36.8 Å². The van der Waals surface area contributed by atoms with Gasteiger partial charge in [0.15, 0.2) is 0 Å². The second-order valence-electron chi connectivity index (χ2n) is 6.62. The van der Waals surface area contributed by atoms with Gasteiger partial charge in [-0.2, -0.15) is 0 Å². The van der Waals surface area contributed by atoms with Crippen molar-refractivity contribution in [3.63, 3.8) is 0 Å². The number of amides is 1. The van der Waals surface area contributed by atoms with Crippen molar-refractivity contribution in [2.24, 2.45) is 5.41 Å². The molecular formula is C17H27N3O. The molecule has 0 spiro atoms. The number of aromatic nitrogens is 1. The average Bonchev–Trinajstić information content (AvgIpc) is 2.47. The molecule has 1 aliphatic rings. The molecular weight excluding hydrogens is 262 g/mol. The van der Waals surface area contributed by atoms with E-state index in [0.29, 0.717) is 5.69 Å². The molecule has 0 saturated heterocycles. The van der Waals surface area contributed by atoms with Crippen LogP contribution in [-0.2, 0) is 0 Å². The number of carbonyl (C=O) groups excluding carboxylic acids is 1. The van der Waals surface area contributed by atoms with Gasteiger partial charge in [0, 0.05) is 12.6 Å². The number of hydrogen-bond donors (Lipinski definition) is 2. The molecule has 1 aliphatic carbocycles. The highest BCUT2D eigenvalue weighted by Gasteiger charge is 2.33. The van der Waals surface area contributed by atoms with Crippen molar-refractivity contribution in [2.45, 2.75) is 58.9 Å². The zero-order valence-corrected chi connectivity index (χ0v) is 13.4. The summed E-state index contributed by atoms with van der Waals surface area (Å²) in [6.45, 7) is 7.52. The number of rotatable bonds is 5. The molecule has 1 atom stereocenters. The standard InChI is InChI=1S/C17H27N3O/c1-4-11-18-13-8-9-14(19-12-13)16(21)20-15-7-5-6-10-17(15,2)3/h8-9,12,15,18H,4-7,10-11H2,1-3H3,(H,20,21). The highest BCUT2D eigenvalue weighted by atomic mass is 16.1. The molecule has 4 nitrogen and oxygen atoms in total. The van der Waals surface area contributed by atoms with Gasteiger partial charge in [0.1, 0.15) is 5.69 Å². The number of pyridine rings is 1. The number of hydrogen-bond acceptors (Lipinski definition) is 3. The molecule has 1 amide bonds. The van der Waals surface area contributed by atoms with E-state index in [1.807, 2.05) is 6.07 Å². The first-order valence-corrected chi connectivity index (χ1v) is 8.04. The first-order valence-electron chi connectivity index (χ1n) is 8.04. The summed E-state index contributed by atoms with van der Waals surface area (Å²) in [6.07, 6.45) is 7.49. The number of anilines is 1. The van der Waals surface area contributed by atoms with Crippen LogP contribution in [0.3, 0.4) is 0 Å². The number of carbonyl (C=O) groups is 1. The highest BCUT2D eigenvalue weighted by molar-refractivity contribution is 5.92. The van der Waals surface area contributed by atoms with Gasteiger partial charge in [0.2, 0.25) is 0 Å². The molecule has 0 bridgehead atoms. The molecule has 2 N–H and O–H groups in total. The third kappa shape index (κ3) is 4.19. The van der Waals surface area contributed by atoms with Crippen LogP contribution in [0.5, 0.6) is 0 Å². The summed E-state index contributed by atoms with van der Waals surface area (Å²) in [6, 6.07) is 3.96. The third-order valence-corrected chi connectivity index (χ3v) is 4.39. The Kier molecular flexibility index (Phi) is 5.21. The summed E-state index contributed by atoms with van der Waals surface area (Å²) in [5, 5.41) is 6.43. The van der Waals surface area contributed by atoms with Gasteiger partial charge in [-0.15, -0.1) is 0 Å². The van der Waals surface area contributed by atoms with Crippen molar-refractivity contribution in [1.82, 2.24) is 10.3 Å². The number of nitrogens with one attached hydrogen (secondary N) is 2. The predicted molar refractivity (Wildman–Crippen MR) is 86.5 cm³/mol. The second kappa shape index (κ2) is 6.92. The van der Waals surface area contributed by atoms with Crippen LogP contribution in [0.15, 0.2) is 18.3 Å². The van der Waals surface area contributed by atoms with Gasteiger partial charge < -0.3 is 10.6 Å². The van der Waals surface area contributed by atoms with E-state index in [9.17, 15) is 4.79 Å². The third-order valence-electron chi connectivity index (χ3n) is 4.39. The largest absolute Gasteiger partial charge is 0.384 e. The SMILES string of the molecule is CCCNc1ccc(C(=O)NC2CCCCC2(C)C)nc1. The maximum Gasteiger partial charge on any atom is 0.270 e. The molecule has 1 unspecified atom stereocenters. The van der Waals surface area contributed by atoms with E-state index in [1.54, 1.807) is 12.3 Å². The monoisotopic (exact) mass is 289 g/mol. The molecule has 21 heavy (non-hydrogen) atoms. The van der Waals surface area contributed by atoms with E-state index in [-0.39, 0.29) is 17.4 Å². The zero-order chi connectivity index (χ0) is 15.3. The van der Waals surface area contributed by atoms with Crippen LogP contribution in [0.1, 0.15) is 63.4 Å². The molecule has 1 heterocycles. The Bertz CT molecular complexity index is 467. The van der Waals surface area contributed by atoms with Crippen LogP contribution < -0.4 is 10.6 Å². The van der Waals surface area contributed by atoms with E-state index >= 15 is 0 Å². The topological polar surface area (TPSA) is 54.0 Å². The maximum atomic E-state index is 12.3. The molecule has 1 fully saturated rings. The fourth-order valence-electron chi connectivity index (χ4n) is 2.90. The van der Waals surface area contributed by atoms with Gasteiger partial charge >= 0.3 is 0 Å². The highest BCUT2D eigenvalue weighted by Crippen LogP contribution is 2.35. The lowest BCUT2D eigenvalue weighted by molar-refractivity contribution is 0.0848. The molecule has 116 valence electrons. The Labute approximate surface area is 127 Å². The maximum absolute atomic E-state index is 12.3. The minimum absolute atomic E-state index is 0.0583. The lowest BCUT2D eigenvalue weighted by Crippen LogP contribution is -2.47.